The van der Waals surface area contributed by atoms with Crippen LogP contribution in [0.5, 0.6) is 0 Å². The predicted octanol–water partition coefficient (Wildman–Crippen LogP) is -0.793. The zero-order chi connectivity index (χ0) is 11.6. The minimum absolute atomic E-state index is 0.175. The van der Waals surface area contributed by atoms with E-state index in [4.69, 9.17) is 10.0 Å². The third-order valence-corrected chi connectivity index (χ3v) is 1.94. The molecule has 0 fully saturated rings. The highest BCUT2D eigenvalue weighted by molar-refractivity contribution is 6.58. The van der Waals surface area contributed by atoms with Gasteiger partial charge >= 0.3 is 7.12 Å². The molecule has 0 unspecified atom stereocenters. The molecule has 0 aliphatic rings. The predicted molar refractivity (Wildman–Crippen MR) is 54.2 cm³/mol. The summed E-state index contributed by atoms with van der Waals surface area (Å²) in [6.07, 6.45) is 0. The summed E-state index contributed by atoms with van der Waals surface area (Å²) in [6, 6.07) is 3.91. The average Bonchev–Trinajstić information content (AvgIpc) is 2.16. The van der Waals surface area contributed by atoms with Gasteiger partial charge in [0.2, 0.25) is 0 Å². The average molecular weight is 211 g/mol. The molecule has 1 rings (SSSR count). The van der Waals surface area contributed by atoms with Crippen LogP contribution in [0.2, 0.25) is 0 Å². The Morgan fingerprint density at radius 3 is 2.47 bits per heavy atom. The van der Waals surface area contributed by atoms with Crippen LogP contribution in [0.15, 0.2) is 18.2 Å². The normalized spacial score (nSPS) is 9.93. The van der Waals surface area contributed by atoms with Gasteiger partial charge in [0.15, 0.2) is 0 Å². The van der Waals surface area contributed by atoms with E-state index in [1.807, 2.05) is 0 Å². The molecule has 0 aliphatic carbocycles. The Balaban J connectivity index is 3.21. The van der Waals surface area contributed by atoms with Crippen LogP contribution in [0.4, 0.5) is 4.39 Å². The van der Waals surface area contributed by atoms with Gasteiger partial charge in [0.1, 0.15) is 5.82 Å². The van der Waals surface area contributed by atoms with Crippen molar-refractivity contribution in [1.82, 2.24) is 4.90 Å². The van der Waals surface area contributed by atoms with E-state index >= 15 is 0 Å². The topological polar surface area (TPSA) is 60.8 Å². The molecule has 2 N–H and O–H groups in total. The van der Waals surface area contributed by atoms with Gasteiger partial charge in [0, 0.05) is 19.6 Å². The molecule has 0 radical (unpaired) electrons. The first-order valence-corrected chi connectivity index (χ1v) is 4.31. The van der Waals surface area contributed by atoms with Crippen LogP contribution < -0.4 is 5.46 Å². The molecule has 0 saturated carbocycles. The van der Waals surface area contributed by atoms with Crippen molar-refractivity contribution in [3.05, 3.63) is 29.6 Å². The Bertz CT molecular complexity index is 382. The third kappa shape index (κ3) is 2.34. The van der Waals surface area contributed by atoms with Crippen molar-refractivity contribution < 1.29 is 19.2 Å². The summed E-state index contributed by atoms with van der Waals surface area (Å²) in [5, 5.41) is 17.7. The quantitative estimate of drug-likeness (QED) is 0.630. The Morgan fingerprint density at radius 2 is 2.00 bits per heavy atom. The second-order valence-corrected chi connectivity index (χ2v) is 3.28. The minimum atomic E-state index is -1.92. The number of carbonyl (C=O) groups is 1. The lowest BCUT2D eigenvalue weighted by Crippen LogP contribution is -2.35. The van der Waals surface area contributed by atoms with E-state index in [2.05, 4.69) is 0 Å². The van der Waals surface area contributed by atoms with E-state index in [1.165, 1.54) is 37.2 Å². The Hall–Kier alpha value is -1.40. The van der Waals surface area contributed by atoms with Gasteiger partial charge in [-0.2, -0.15) is 0 Å². The molecule has 15 heavy (non-hydrogen) atoms. The van der Waals surface area contributed by atoms with Gasteiger partial charge in [-0.1, -0.05) is 12.1 Å². The first kappa shape index (κ1) is 11.7. The summed E-state index contributed by atoms with van der Waals surface area (Å²) in [5.74, 6) is -1.42. The van der Waals surface area contributed by atoms with Crippen LogP contribution in [0.3, 0.4) is 0 Å². The largest absolute Gasteiger partial charge is 0.491 e. The summed E-state index contributed by atoms with van der Waals surface area (Å²) in [4.78, 5) is 12.7. The lowest BCUT2D eigenvalue weighted by atomic mass is 9.79. The van der Waals surface area contributed by atoms with Gasteiger partial charge in [-0.25, -0.2) is 4.39 Å². The minimum Gasteiger partial charge on any atom is -0.423 e. The Labute approximate surface area is 87.1 Å². The van der Waals surface area contributed by atoms with Gasteiger partial charge in [0.25, 0.3) is 5.91 Å². The fraction of sp³-hybridized carbons (Fsp3) is 0.222. The summed E-state index contributed by atoms with van der Waals surface area (Å²) in [7, 11) is 1.06. The number of nitrogens with zero attached hydrogens (tertiary/aromatic N) is 1. The molecule has 0 atom stereocenters. The lowest BCUT2D eigenvalue weighted by molar-refractivity contribution is 0.0823. The zero-order valence-electron chi connectivity index (χ0n) is 8.44. The molecule has 0 aliphatic heterocycles. The standard InChI is InChI=1S/C9H11BFNO3/c1-12(2)9(13)6-4-3-5-7(8(6)11)10(14)15/h3-5,14-15H,1-2H3. The van der Waals surface area contributed by atoms with Crippen molar-refractivity contribution in [2.24, 2.45) is 0 Å². The summed E-state index contributed by atoms with van der Waals surface area (Å²) >= 11 is 0. The molecule has 0 bridgehead atoms. The molecular weight excluding hydrogens is 200 g/mol. The van der Waals surface area contributed by atoms with Gasteiger partial charge in [-0.05, 0) is 6.07 Å². The summed E-state index contributed by atoms with van der Waals surface area (Å²) in [5.41, 5.74) is -0.478. The third-order valence-electron chi connectivity index (χ3n) is 1.94. The number of benzene rings is 1. The highest BCUT2D eigenvalue weighted by Gasteiger charge is 2.22. The van der Waals surface area contributed by atoms with Crippen molar-refractivity contribution in [2.45, 2.75) is 0 Å². The Kier molecular flexibility index (Phi) is 3.44. The highest BCUT2D eigenvalue weighted by atomic mass is 19.1. The number of hydrogen-bond donors (Lipinski definition) is 2. The molecule has 0 spiro atoms. The zero-order valence-corrected chi connectivity index (χ0v) is 8.44. The van der Waals surface area contributed by atoms with Crippen molar-refractivity contribution in [3.63, 3.8) is 0 Å². The van der Waals surface area contributed by atoms with Crippen molar-refractivity contribution in [2.75, 3.05) is 14.1 Å². The van der Waals surface area contributed by atoms with Gasteiger partial charge < -0.3 is 14.9 Å². The molecule has 1 amide bonds. The molecule has 80 valence electrons. The van der Waals surface area contributed by atoms with Gasteiger partial charge in [-0.15, -0.1) is 0 Å². The molecule has 0 saturated heterocycles. The first-order chi connectivity index (χ1) is 6.95. The van der Waals surface area contributed by atoms with Crippen LogP contribution in [-0.4, -0.2) is 42.1 Å². The van der Waals surface area contributed by atoms with Crippen LogP contribution in [0.1, 0.15) is 10.4 Å². The number of rotatable bonds is 2. The van der Waals surface area contributed by atoms with E-state index in [1.54, 1.807) is 0 Å². The van der Waals surface area contributed by atoms with Crippen LogP contribution in [0.25, 0.3) is 0 Å². The van der Waals surface area contributed by atoms with Crippen LogP contribution in [-0.2, 0) is 0 Å². The summed E-state index contributed by atoms with van der Waals surface area (Å²) < 4.78 is 13.6. The number of halogens is 1. The van der Waals surface area contributed by atoms with E-state index in [0.29, 0.717) is 0 Å². The maximum Gasteiger partial charge on any atom is 0.491 e. The molecule has 0 heterocycles. The maximum absolute atomic E-state index is 13.6. The van der Waals surface area contributed by atoms with Gasteiger partial charge in [-0.3, -0.25) is 4.79 Å². The smallest absolute Gasteiger partial charge is 0.423 e. The van der Waals surface area contributed by atoms with E-state index in [9.17, 15) is 9.18 Å². The number of hydrogen-bond acceptors (Lipinski definition) is 3. The van der Waals surface area contributed by atoms with Gasteiger partial charge in [0.05, 0.1) is 5.56 Å². The SMILES string of the molecule is CN(C)C(=O)c1cccc(B(O)O)c1F. The highest BCUT2D eigenvalue weighted by Crippen LogP contribution is 2.07. The number of carbonyl (C=O) groups excluding carboxylic acids is 1. The maximum atomic E-state index is 13.6. The lowest BCUT2D eigenvalue weighted by Gasteiger charge is -2.12. The second kappa shape index (κ2) is 4.42. The van der Waals surface area contributed by atoms with Crippen molar-refractivity contribution >= 4 is 18.5 Å². The fourth-order valence-corrected chi connectivity index (χ4v) is 1.16. The molecule has 4 nitrogen and oxygen atoms in total. The molecule has 6 heteroatoms. The fourth-order valence-electron chi connectivity index (χ4n) is 1.16. The molecule has 0 aromatic heterocycles. The van der Waals surface area contributed by atoms with Crippen LogP contribution >= 0.6 is 0 Å². The first-order valence-electron chi connectivity index (χ1n) is 4.31. The Morgan fingerprint density at radius 1 is 1.40 bits per heavy atom. The van der Waals surface area contributed by atoms with Crippen LogP contribution in [0, 0.1) is 5.82 Å². The molecule has 1 aromatic carbocycles. The second-order valence-electron chi connectivity index (χ2n) is 3.28. The molecule has 1 aromatic rings. The van der Waals surface area contributed by atoms with E-state index in [-0.39, 0.29) is 11.0 Å². The van der Waals surface area contributed by atoms with E-state index < -0.39 is 18.8 Å². The van der Waals surface area contributed by atoms with Crippen molar-refractivity contribution in [3.8, 4) is 0 Å². The molecular formula is C9H11BFNO3. The monoisotopic (exact) mass is 211 g/mol. The number of amides is 1. The van der Waals surface area contributed by atoms with Crippen molar-refractivity contribution in [1.29, 1.82) is 0 Å². The summed E-state index contributed by atoms with van der Waals surface area (Å²) in [6.45, 7) is 0. The van der Waals surface area contributed by atoms with E-state index in [0.717, 1.165) is 0 Å².